The first-order valence-corrected chi connectivity index (χ1v) is 11.2. The molecule has 3 atom stereocenters. The summed E-state index contributed by atoms with van der Waals surface area (Å²) >= 11 is 5.61. The number of hydrogen-bond acceptors (Lipinski definition) is 3. The summed E-state index contributed by atoms with van der Waals surface area (Å²) in [4.78, 5) is 11.4. The molecule has 1 aliphatic carbocycles. The second kappa shape index (κ2) is 12.2. The van der Waals surface area contributed by atoms with Gasteiger partial charge in [0, 0.05) is 29.3 Å². The van der Waals surface area contributed by atoms with E-state index in [1.807, 2.05) is 45.0 Å². The minimum Gasteiger partial charge on any atom is -0.490 e. The highest BCUT2D eigenvalue weighted by Crippen LogP contribution is 2.46. The van der Waals surface area contributed by atoms with Gasteiger partial charge in [0.05, 0.1) is 19.3 Å². The van der Waals surface area contributed by atoms with Crippen molar-refractivity contribution in [2.75, 3.05) is 13.2 Å². The van der Waals surface area contributed by atoms with Crippen molar-refractivity contribution in [2.24, 2.45) is 5.92 Å². The van der Waals surface area contributed by atoms with E-state index in [0.717, 1.165) is 23.8 Å². The quantitative estimate of drug-likeness (QED) is 0.408. The third-order valence-electron chi connectivity index (χ3n) is 5.21. The highest BCUT2D eigenvalue weighted by atomic mass is 35.5. The normalized spacial score (nSPS) is 22.5. The monoisotopic (exact) mass is 452 g/mol. The maximum atomic E-state index is 13.8. The van der Waals surface area contributed by atoms with E-state index in [1.54, 1.807) is 0 Å². The third kappa shape index (κ3) is 7.58. The number of carbonyl (C=O) groups excluding carboxylic acids is 1. The zero-order valence-electron chi connectivity index (χ0n) is 18.6. The molecular weight excluding hydrogens is 422 g/mol. The minimum absolute atomic E-state index is 0.0000463. The number of rotatable bonds is 0. The lowest BCUT2D eigenvalue weighted by molar-refractivity contribution is -0.122. The number of Topliss-reactive ketones (excluding diaryl/α,β-unsaturated/α-hetero) is 1. The number of hydrogen-bond donors (Lipinski definition) is 0. The summed E-state index contributed by atoms with van der Waals surface area (Å²) in [6.07, 6.45) is 2.05. The van der Waals surface area contributed by atoms with Crippen molar-refractivity contribution in [2.45, 2.75) is 59.0 Å². The van der Waals surface area contributed by atoms with Gasteiger partial charge in [-0.05, 0) is 50.5 Å². The summed E-state index contributed by atoms with van der Waals surface area (Å²) in [5, 5.41) is 0.801. The van der Waals surface area contributed by atoms with Crippen LogP contribution >= 0.6 is 11.6 Å². The Hall–Kier alpha value is -1.98. The smallest absolute Gasteiger partial charge is 0.165 e. The van der Waals surface area contributed by atoms with E-state index >= 15 is 0 Å². The van der Waals surface area contributed by atoms with Crippen molar-refractivity contribution >= 4 is 17.4 Å². The van der Waals surface area contributed by atoms with E-state index in [1.165, 1.54) is 5.56 Å². The van der Waals surface area contributed by atoms with Gasteiger partial charge >= 0.3 is 0 Å². The lowest BCUT2D eigenvalue weighted by Crippen LogP contribution is -2.33. The molecule has 0 N–H and O–H groups in total. The van der Waals surface area contributed by atoms with Crippen LogP contribution in [0.15, 0.2) is 36.4 Å². The molecule has 0 aromatic heterocycles. The summed E-state index contributed by atoms with van der Waals surface area (Å²) in [6.45, 7) is 9.39. The summed E-state index contributed by atoms with van der Waals surface area (Å²) in [6, 6.07) is 9.97. The Labute approximate surface area is 188 Å². The predicted molar refractivity (Wildman–Crippen MR) is 120 cm³/mol. The topological polar surface area (TPSA) is 38.8 Å². The van der Waals surface area contributed by atoms with Crippen molar-refractivity contribution < 1.29 is 23.0 Å². The Balaban J connectivity index is 0.000000201. The first-order chi connectivity index (χ1) is 14.8. The van der Waals surface area contributed by atoms with E-state index in [9.17, 15) is 13.6 Å². The molecule has 3 nitrogen and oxygen atoms in total. The fraction of sp³-hybridized carbons (Fsp3) is 0.480. The van der Waals surface area contributed by atoms with Crippen molar-refractivity contribution in [3.8, 4) is 5.75 Å². The zero-order chi connectivity index (χ0) is 23.0. The van der Waals surface area contributed by atoms with Crippen LogP contribution in [0.2, 0.25) is 5.02 Å². The van der Waals surface area contributed by atoms with Crippen LogP contribution in [0.25, 0.3) is 0 Å². The van der Waals surface area contributed by atoms with E-state index in [2.05, 4.69) is 6.92 Å². The third-order valence-corrected chi connectivity index (χ3v) is 5.46. The van der Waals surface area contributed by atoms with Crippen LogP contribution in [0.3, 0.4) is 0 Å². The lowest BCUT2D eigenvalue weighted by atomic mass is 9.73. The summed E-state index contributed by atoms with van der Waals surface area (Å²) in [7, 11) is 0. The molecule has 0 radical (unpaired) electrons. The molecule has 31 heavy (non-hydrogen) atoms. The molecule has 2 aliphatic heterocycles. The average molecular weight is 453 g/mol. The number of halogens is 3. The first kappa shape index (κ1) is 25.3. The van der Waals surface area contributed by atoms with Crippen LogP contribution in [0, 0.1) is 24.5 Å². The lowest BCUT2D eigenvalue weighted by Gasteiger charge is -2.36. The van der Waals surface area contributed by atoms with Crippen LogP contribution in [0.1, 0.15) is 57.1 Å². The number of aryl methyl sites for hydroxylation is 1. The largest absolute Gasteiger partial charge is 0.490 e. The molecule has 5 rings (SSSR count). The Morgan fingerprint density at radius 3 is 2.13 bits per heavy atom. The fourth-order valence-electron chi connectivity index (χ4n) is 3.50. The predicted octanol–water partition coefficient (Wildman–Crippen LogP) is 6.89. The molecule has 2 aromatic carbocycles. The van der Waals surface area contributed by atoms with Gasteiger partial charge in [0.1, 0.15) is 11.6 Å². The van der Waals surface area contributed by atoms with Gasteiger partial charge in [-0.15, -0.1) is 0 Å². The molecule has 0 bridgehead atoms. The van der Waals surface area contributed by atoms with Crippen molar-refractivity contribution in [3.63, 3.8) is 0 Å². The maximum Gasteiger partial charge on any atom is 0.165 e. The average Bonchev–Trinajstić information content (AvgIpc) is 3.56. The van der Waals surface area contributed by atoms with E-state index in [0.29, 0.717) is 37.5 Å². The van der Waals surface area contributed by atoms with Crippen LogP contribution in [-0.4, -0.2) is 25.1 Å². The van der Waals surface area contributed by atoms with Gasteiger partial charge < -0.3 is 9.47 Å². The van der Waals surface area contributed by atoms with Gasteiger partial charge in [-0.3, -0.25) is 4.79 Å². The minimum atomic E-state index is -0.517. The Bertz CT molecular complexity index is 830. The van der Waals surface area contributed by atoms with E-state index in [-0.39, 0.29) is 23.4 Å². The molecule has 2 fully saturated rings. The molecule has 170 valence electrons. The molecule has 2 heterocycles. The molecule has 3 unspecified atom stereocenters. The summed E-state index contributed by atoms with van der Waals surface area (Å²) < 4.78 is 37.3. The van der Waals surface area contributed by atoms with Gasteiger partial charge in [-0.2, -0.15) is 0 Å². The molecule has 0 spiro atoms. The number of carbonyl (C=O) groups is 1. The highest BCUT2D eigenvalue weighted by molar-refractivity contribution is 6.30. The van der Waals surface area contributed by atoms with Gasteiger partial charge in [0.2, 0.25) is 0 Å². The summed E-state index contributed by atoms with van der Waals surface area (Å²) in [5.41, 5.74) is 1.57. The van der Waals surface area contributed by atoms with Gasteiger partial charge in [-0.25, -0.2) is 8.78 Å². The molecule has 1 saturated heterocycles. The summed E-state index contributed by atoms with van der Waals surface area (Å²) in [5.74, 6) is -0.787. The van der Waals surface area contributed by atoms with Gasteiger partial charge in [0.15, 0.2) is 11.6 Å². The molecule has 3 aliphatic rings. The molecule has 2 aromatic rings. The number of benzene rings is 2. The Morgan fingerprint density at radius 1 is 1.00 bits per heavy atom. The molecule has 6 heteroatoms. The molecule has 1 saturated carbocycles. The van der Waals surface area contributed by atoms with E-state index in [4.69, 9.17) is 21.1 Å². The van der Waals surface area contributed by atoms with Crippen molar-refractivity contribution in [1.82, 2.24) is 0 Å². The fourth-order valence-corrected chi connectivity index (χ4v) is 3.63. The van der Waals surface area contributed by atoms with Crippen molar-refractivity contribution in [1.29, 1.82) is 0 Å². The van der Waals surface area contributed by atoms with Gasteiger partial charge in [-0.1, -0.05) is 43.1 Å². The van der Waals surface area contributed by atoms with Crippen LogP contribution < -0.4 is 4.74 Å². The highest BCUT2D eigenvalue weighted by Gasteiger charge is 2.38. The zero-order valence-corrected chi connectivity index (χ0v) is 19.3. The van der Waals surface area contributed by atoms with Crippen LogP contribution in [0.5, 0.6) is 5.75 Å². The Morgan fingerprint density at radius 2 is 1.58 bits per heavy atom. The second-order valence-corrected chi connectivity index (χ2v) is 8.11. The number of fused-ring (bicyclic) bond motifs is 3. The van der Waals surface area contributed by atoms with Gasteiger partial charge in [0.25, 0.3) is 0 Å². The van der Waals surface area contributed by atoms with E-state index < -0.39 is 11.6 Å². The number of epoxide rings is 1. The van der Waals surface area contributed by atoms with Crippen LogP contribution in [0.4, 0.5) is 8.78 Å². The number of ether oxygens (including phenoxy) is 2. The Kier molecular flexibility index (Phi) is 9.92. The van der Waals surface area contributed by atoms with Crippen molar-refractivity contribution in [3.05, 3.63) is 64.2 Å². The number of ketones is 1. The standard InChI is InChI=1S/C13H12F2O2.C7H7Cl.C3H6O.C2H6/c14-10-3-4-11(15)13-12(10)9-2-1-8(16)5-7(9)6-17-13;1-6-2-4-7(8)5-3-6;1-3-2-4-3;1-2/h3-4,7,9H,1-2,5-6H2;2-5H,1H3;3H,2H2,1H3;1-2H3. The van der Waals surface area contributed by atoms with Crippen LogP contribution in [-0.2, 0) is 9.53 Å². The molecule has 0 amide bonds. The maximum absolute atomic E-state index is 13.8. The molecular formula is C25H31ClF2O3. The SMILES string of the molecule is CC.CC1CO1.Cc1ccc(Cl)cc1.O=C1CCC2c3c(F)ccc(F)c3OCC2C1. The second-order valence-electron chi connectivity index (χ2n) is 7.67. The first-order valence-electron chi connectivity index (χ1n) is 10.8.